The molecule has 0 fully saturated rings. The van der Waals surface area contributed by atoms with Gasteiger partial charge in [-0.1, -0.05) is 17.4 Å². The second-order valence-electron chi connectivity index (χ2n) is 5.55. The Morgan fingerprint density at radius 1 is 1.21 bits per heavy atom. The van der Waals surface area contributed by atoms with E-state index < -0.39 is 0 Å². The average molecular weight is 341 g/mol. The van der Waals surface area contributed by atoms with Crippen molar-refractivity contribution in [2.24, 2.45) is 0 Å². The summed E-state index contributed by atoms with van der Waals surface area (Å²) < 4.78 is 15.9. The van der Waals surface area contributed by atoms with Gasteiger partial charge in [-0.05, 0) is 35.7 Å². The van der Waals surface area contributed by atoms with Crippen LogP contribution in [-0.2, 0) is 0 Å². The highest BCUT2D eigenvalue weighted by Gasteiger charge is 2.19. The molecule has 0 unspecified atom stereocenters. The first-order valence-electron chi connectivity index (χ1n) is 7.55. The molecular formula is C17H16FN5S. The second kappa shape index (κ2) is 5.45. The number of hydrogen-bond donors (Lipinski definition) is 3. The zero-order valence-corrected chi connectivity index (χ0v) is 14.3. The Bertz CT molecular complexity index is 1070. The summed E-state index contributed by atoms with van der Waals surface area (Å²) in [4.78, 5) is 4.49. The Hall–Kier alpha value is -2.67. The van der Waals surface area contributed by atoms with Gasteiger partial charge in [0.15, 0.2) is 10.9 Å². The number of aromatic amines is 1. The molecular weight excluding hydrogens is 325 g/mol. The van der Waals surface area contributed by atoms with E-state index >= 15 is 0 Å². The van der Waals surface area contributed by atoms with Crippen molar-refractivity contribution >= 4 is 43.3 Å². The van der Waals surface area contributed by atoms with E-state index in [1.54, 1.807) is 31.5 Å². The van der Waals surface area contributed by atoms with E-state index in [2.05, 4.69) is 31.9 Å². The summed E-state index contributed by atoms with van der Waals surface area (Å²) in [6, 6.07) is 6.01. The summed E-state index contributed by atoms with van der Waals surface area (Å²) in [6.07, 6.45) is 1.74. The molecule has 0 amide bonds. The number of anilines is 2. The van der Waals surface area contributed by atoms with Crippen LogP contribution in [0.5, 0.6) is 0 Å². The molecule has 0 spiro atoms. The van der Waals surface area contributed by atoms with Gasteiger partial charge in [0.05, 0.1) is 27.6 Å². The molecule has 0 aliphatic carbocycles. The van der Waals surface area contributed by atoms with Gasteiger partial charge in [-0.3, -0.25) is 5.10 Å². The minimum Gasteiger partial charge on any atom is -0.384 e. The minimum atomic E-state index is -0.260. The highest BCUT2D eigenvalue weighted by molar-refractivity contribution is 7.22. The summed E-state index contributed by atoms with van der Waals surface area (Å²) in [6.45, 7) is 1.80. The summed E-state index contributed by atoms with van der Waals surface area (Å²) >= 11 is 1.58. The van der Waals surface area contributed by atoms with Gasteiger partial charge >= 0.3 is 0 Å². The molecule has 0 saturated heterocycles. The summed E-state index contributed by atoms with van der Waals surface area (Å²) in [5.74, 6) is -0.260. The van der Waals surface area contributed by atoms with Crippen LogP contribution in [0.2, 0.25) is 0 Å². The molecule has 122 valence electrons. The van der Waals surface area contributed by atoms with E-state index in [0.29, 0.717) is 16.8 Å². The van der Waals surface area contributed by atoms with Crippen molar-refractivity contribution in [3.05, 3.63) is 35.8 Å². The third kappa shape index (κ3) is 2.05. The van der Waals surface area contributed by atoms with Crippen LogP contribution in [-0.4, -0.2) is 29.3 Å². The molecule has 4 aromatic rings. The molecule has 0 saturated carbocycles. The molecule has 2 heterocycles. The zero-order chi connectivity index (χ0) is 16.8. The number of nitrogens with zero attached hydrogens (tertiary/aromatic N) is 2. The van der Waals surface area contributed by atoms with Crippen LogP contribution in [0, 0.1) is 12.7 Å². The van der Waals surface area contributed by atoms with E-state index in [1.807, 2.05) is 19.2 Å². The van der Waals surface area contributed by atoms with E-state index in [9.17, 15) is 4.39 Å². The van der Waals surface area contributed by atoms with Crippen molar-refractivity contribution < 1.29 is 4.39 Å². The van der Waals surface area contributed by atoms with Crippen molar-refractivity contribution in [2.75, 3.05) is 24.7 Å². The van der Waals surface area contributed by atoms with Crippen LogP contribution in [0.3, 0.4) is 0 Å². The number of thiazole rings is 1. The summed E-state index contributed by atoms with van der Waals surface area (Å²) in [7, 11) is 3.56. The monoisotopic (exact) mass is 341 g/mol. The van der Waals surface area contributed by atoms with E-state index in [-0.39, 0.29) is 5.82 Å². The maximum absolute atomic E-state index is 14.8. The van der Waals surface area contributed by atoms with Crippen LogP contribution in [0.25, 0.3) is 32.2 Å². The Morgan fingerprint density at radius 2 is 2.04 bits per heavy atom. The van der Waals surface area contributed by atoms with E-state index in [4.69, 9.17) is 0 Å². The van der Waals surface area contributed by atoms with Crippen molar-refractivity contribution in [1.82, 2.24) is 15.2 Å². The highest BCUT2D eigenvalue weighted by Crippen LogP contribution is 2.39. The number of nitrogens with one attached hydrogen (secondary N) is 3. The number of benzene rings is 2. The van der Waals surface area contributed by atoms with Crippen LogP contribution in [0.15, 0.2) is 24.4 Å². The molecule has 7 heteroatoms. The summed E-state index contributed by atoms with van der Waals surface area (Å²) in [5, 5.41) is 14.7. The third-order valence-corrected chi connectivity index (χ3v) is 5.26. The van der Waals surface area contributed by atoms with Crippen molar-refractivity contribution in [1.29, 1.82) is 0 Å². The molecule has 4 rings (SSSR count). The molecule has 0 aliphatic rings. The fourth-order valence-corrected chi connectivity index (χ4v) is 3.93. The average Bonchev–Trinajstić information content (AvgIpc) is 3.22. The number of rotatable bonds is 3. The van der Waals surface area contributed by atoms with E-state index in [1.165, 1.54) is 0 Å². The maximum atomic E-state index is 14.8. The number of H-pyrrole nitrogens is 1. The van der Waals surface area contributed by atoms with Crippen molar-refractivity contribution in [3.8, 4) is 11.1 Å². The zero-order valence-electron chi connectivity index (χ0n) is 13.5. The standard InChI is InChI=1S/C17H16FN5S/c1-8-13(10-7-21-23-15(10)16(19-2)14(8)18)9-4-5-11-12(6-9)24-17(20-3)22-11/h4-7,19H,1-3H3,(H,20,22)(H,21,23). The van der Waals surface area contributed by atoms with Gasteiger partial charge < -0.3 is 10.6 Å². The maximum Gasteiger partial charge on any atom is 0.183 e. The first kappa shape index (κ1) is 14.9. The quantitative estimate of drug-likeness (QED) is 0.518. The van der Waals surface area contributed by atoms with Crippen LogP contribution < -0.4 is 10.6 Å². The molecule has 5 nitrogen and oxygen atoms in total. The van der Waals surface area contributed by atoms with Gasteiger partial charge in [0.25, 0.3) is 0 Å². The lowest BCUT2D eigenvalue weighted by molar-refractivity contribution is 0.624. The molecule has 0 bridgehead atoms. The predicted molar refractivity (Wildman–Crippen MR) is 98.5 cm³/mol. The lowest BCUT2D eigenvalue weighted by Crippen LogP contribution is -1.99. The smallest absolute Gasteiger partial charge is 0.183 e. The van der Waals surface area contributed by atoms with Gasteiger partial charge in [0.2, 0.25) is 0 Å². The topological polar surface area (TPSA) is 65.6 Å². The Morgan fingerprint density at radius 3 is 2.79 bits per heavy atom. The van der Waals surface area contributed by atoms with Crippen molar-refractivity contribution in [2.45, 2.75) is 6.92 Å². The second-order valence-corrected chi connectivity index (χ2v) is 6.58. The Balaban J connectivity index is 2.02. The highest BCUT2D eigenvalue weighted by atomic mass is 32.1. The van der Waals surface area contributed by atoms with E-state index in [0.717, 1.165) is 31.9 Å². The lowest BCUT2D eigenvalue weighted by atomic mass is 9.95. The fraction of sp³-hybridized carbons (Fsp3) is 0.176. The molecule has 0 atom stereocenters. The molecule has 24 heavy (non-hydrogen) atoms. The van der Waals surface area contributed by atoms with Crippen LogP contribution in [0.1, 0.15) is 5.56 Å². The largest absolute Gasteiger partial charge is 0.384 e. The van der Waals surface area contributed by atoms with Crippen LogP contribution in [0.4, 0.5) is 15.2 Å². The Labute approximate surface area is 141 Å². The first-order valence-corrected chi connectivity index (χ1v) is 8.37. The lowest BCUT2D eigenvalue weighted by Gasteiger charge is -2.13. The Kier molecular flexibility index (Phi) is 3.38. The van der Waals surface area contributed by atoms with Crippen LogP contribution >= 0.6 is 11.3 Å². The van der Waals surface area contributed by atoms with Gasteiger partial charge in [-0.2, -0.15) is 5.10 Å². The molecule has 0 radical (unpaired) electrons. The molecule has 2 aromatic carbocycles. The minimum absolute atomic E-state index is 0.260. The summed E-state index contributed by atoms with van der Waals surface area (Å²) in [5.41, 5.74) is 4.47. The fourth-order valence-electron chi connectivity index (χ4n) is 3.07. The third-order valence-electron chi connectivity index (χ3n) is 4.22. The van der Waals surface area contributed by atoms with Gasteiger partial charge in [-0.15, -0.1) is 0 Å². The molecule has 0 aliphatic heterocycles. The number of halogens is 1. The molecule has 3 N–H and O–H groups in total. The first-order chi connectivity index (χ1) is 11.6. The number of aromatic nitrogens is 3. The number of fused-ring (bicyclic) bond motifs is 2. The SMILES string of the molecule is CNc1nc2ccc(-c3c(C)c(F)c(NC)c4[nH]ncc34)cc2s1. The molecule has 2 aromatic heterocycles. The predicted octanol–water partition coefficient (Wildman–Crippen LogP) is 4.37. The van der Waals surface area contributed by atoms with Crippen molar-refractivity contribution in [3.63, 3.8) is 0 Å². The van der Waals surface area contributed by atoms with Gasteiger partial charge in [0.1, 0.15) is 0 Å². The number of hydrogen-bond acceptors (Lipinski definition) is 5. The van der Waals surface area contributed by atoms with Gasteiger partial charge in [-0.25, -0.2) is 9.37 Å². The van der Waals surface area contributed by atoms with Gasteiger partial charge in [0, 0.05) is 19.5 Å². The normalized spacial score (nSPS) is 11.3.